The van der Waals surface area contributed by atoms with E-state index in [9.17, 15) is 0 Å². The third kappa shape index (κ3) is 2.65. The number of alkyl halides is 1. The van der Waals surface area contributed by atoms with Crippen molar-refractivity contribution in [1.82, 2.24) is 0 Å². The van der Waals surface area contributed by atoms with Crippen molar-refractivity contribution in [2.24, 2.45) is 0 Å². The quantitative estimate of drug-likeness (QED) is 0.689. The van der Waals surface area contributed by atoms with Gasteiger partial charge >= 0.3 is 0 Å². The Kier molecular flexibility index (Phi) is 4.27. The van der Waals surface area contributed by atoms with Gasteiger partial charge in [-0.05, 0) is 36.6 Å². The average Bonchev–Trinajstić information content (AvgIpc) is 2.18. The first kappa shape index (κ1) is 11.4. The summed E-state index contributed by atoms with van der Waals surface area (Å²) in [6.07, 6.45) is 1.17. The van der Waals surface area contributed by atoms with Gasteiger partial charge < -0.3 is 4.90 Å². The van der Waals surface area contributed by atoms with E-state index in [1.54, 1.807) is 0 Å². The van der Waals surface area contributed by atoms with Crippen molar-refractivity contribution in [3.63, 3.8) is 0 Å². The van der Waals surface area contributed by atoms with E-state index >= 15 is 0 Å². The summed E-state index contributed by atoms with van der Waals surface area (Å²) in [5.74, 6) is 0.601. The number of hydrogen-bond donors (Lipinski definition) is 0. The van der Waals surface area contributed by atoms with Crippen molar-refractivity contribution in [1.29, 1.82) is 0 Å². The summed E-state index contributed by atoms with van der Waals surface area (Å²) in [6.45, 7) is 5.40. The first-order valence-corrected chi connectivity index (χ1v) is 5.59. The van der Waals surface area contributed by atoms with E-state index < -0.39 is 0 Å². The minimum Gasteiger partial charge on any atom is -0.375 e. The Bertz CT molecular complexity index is 296. The highest BCUT2D eigenvalue weighted by Gasteiger charge is 2.02. The molecule has 1 aromatic carbocycles. The van der Waals surface area contributed by atoms with Crippen LogP contribution in [0.5, 0.6) is 0 Å². The second kappa shape index (κ2) is 5.26. The molecule has 1 rings (SSSR count). The SMILES string of the molecule is CCCN(C)c1ccc(CCl)c(C)c1. The summed E-state index contributed by atoms with van der Waals surface area (Å²) in [6, 6.07) is 6.46. The number of hydrogen-bond acceptors (Lipinski definition) is 1. The third-order valence-corrected chi connectivity index (χ3v) is 2.76. The van der Waals surface area contributed by atoms with Crippen LogP contribution in [0.25, 0.3) is 0 Å². The molecule has 0 saturated carbocycles. The lowest BCUT2D eigenvalue weighted by atomic mass is 10.1. The maximum absolute atomic E-state index is 5.81. The Morgan fingerprint density at radius 1 is 1.36 bits per heavy atom. The lowest BCUT2D eigenvalue weighted by Gasteiger charge is -2.19. The van der Waals surface area contributed by atoms with E-state index in [0.717, 1.165) is 6.54 Å². The number of nitrogens with zero attached hydrogens (tertiary/aromatic N) is 1. The molecule has 2 heteroatoms. The van der Waals surface area contributed by atoms with Gasteiger partial charge in [0.05, 0.1) is 0 Å². The number of rotatable bonds is 4. The normalized spacial score (nSPS) is 10.3. The summed E-state index contributed by atoms with van der Waals surface area (Å²) < 4.78 is 0. The fourth-order valence-corrected chi connectivity index (χ4v) is 1.83. The molecule has 78 valence electrons. The van der Waals surface area contributed by atoms with Crippen LogP contribution in [-0.4, -0.2) is 13.6 Å². The zero-order valence-electron chi connectivity index (χ0n) is 9.18. The predicted molar refractivity (Wildman–Crippen MR) is 64.3 cm³/mol. The first-order valence-electron chi connectivity index (χ1n) is 5.05. The van der Waals surface area contributed by atoms with Crippen LogP contribution in [0.2, 0.25) is 0 Å². The van der Waals surface area contributed by atoms with E-state index in [1.807, 2.05) is 0 Å². The van der Waals surface area contributed by atoms with E-state index in [2.05, 4.69) is 44.0 Å². The maximum atomic E-state index is 5.81. The predicted octanol–water partition coefficient (Wildman–Crippen LogP) is 3.58. The van der Waals surface area contributed by atoms with Gasteiger partial charge in [-0.2, -0.15) is 0 Å². The van der Waals surface area contributed by atoms with Crippen molar-refractivity contribution in [2.75, 3.05) is 18.5 Å². The van der Waals surface area contributed by atoms with Crippen LogP contribution in [0.4, 0.5) is 5.69 Å². The molecule has 14 heavy (non-hydrogen) atoms. The Morgan fingerprint density at radius 2 is 2.07 bits per heavy atom. The minimum atomic E-state index is 0.601. The molecular formula is C12H18ClN. The van der Waals surface area contributed by atoms with Crippen molar-refractivity contribution < 1.29 is 0 Å². The highest BCUT2D eigenvalue weighted by Crippen LogP contribution is 2.19. The first-order chi connectivity index (χ1) is 6.69. The Balaban J connectivity index is 2.85. The highest BCUT2D eigenvalue weighted by atomic mass is 35.5. The molecule has 0 aliphatic carbocycles. The molecule has 0 spiro atoms. The van der Waals surface area contributed by atoms with E-state index in [0.29, 0.717) is 5.88 Å². The van der Waals surface area contributed by atoms with Crippen molar-refractivity contribution in [3.05, 3.63) is 29.3 Å². The van der Waals surface area contributed by atoms with E-state index in [-0.39, 0.29) is 0 Å². The van der Waals surface area contributed by atoms with Crippen molar-refractivity contribution >= 4 is 17.3 Å². The summed E-state index contributed by atoms with van der Waals surface area (Å²) >= 11 is 5.81. The summed E-state index contributed by atoms with van der Waals surface area (Å²) in [7, 11) is 2.12. The molecule has 0 N–H and O–H groups in total. The van der Waals surface area contributed by atoms with Gasteiger partial charge in [0.25, 0.3) is 0 Å². The van der Waals surface area contributed by atoms with Crippen LogP contribution in [0.15, 0.2) is 18.2 Å². The Labute approximate surface area is 91.7 Å². The van der Waals surface area contributed by atoms with Crippen molar-refractivity contribution in [2.45, 2.75) is 26.1 Å². The summed E-state index contributed by atoms with van der Waals surface area (Å²) in [5, 5.41) is 0. The summed E-state index contributed by atoms with van der Waals surface area (Å²) in [4.78, 5) is 2.27. The summed E-state index contributed by atoms with van der Waals surface area (Å²) in [5.41, 5.74) is 3.78. The lowest BCUT2D eigenvalue weighted by molar-refractivity contribution is 0.851. The molecule has 0 aromatic heterocycles. The molecule has 1 aromatic rings. The van der Waals surface area contributed by atoms with Crippen LogP contribution in [0.1, 0.15) is 24.5 Å². The number of anilines is 1. The topological polar surface area (TPSA) is 3.24 Å². The fraction of sp³-hybridized carbons (Fsp3) is 0.500. The fourth-order valence-electron chi connectivity index (χ4n) is 1.53. The molecule has 0 aliphatic heterocycles. The Hall–Kier alpha value is -0.690. The average molecular weight is 212 g/mol. The van der Waals surface area contributed by atoms with Crippen LogP contribution in [0, 0.1) is 6.92 Å². The van der Waals surface area contributed by atoms with Gasteiger partial charge in [0, 0.05) is 25.2 Å². The molecule has 0 radical (unpaired) electrons. The zero-order chi connectivity index (χ0) is 10.6. The molecule has 0 saturated heterocycles. The second-order valence-corrected chi connectivity index (χ2v) is 3.93. The molecule has 1 nitrogen and oxygen atoms in total. The molecular weight excluding hydrogens is 194 g/mol. The van der Waals surface area contributed by atoms with Gasteiger partial charge in [0.2, 0.25) is 0 Å². The molecule has 0 unspecified atom stereocenters. The minimum absolute atomic E-state index is 0.601. The molecule has 0 heterocycles. The molecule has 0 atom stereocenters. The number of benzene rings is 1. The van der Waals surface area contributed by atoms with Gasteiger partial charge in [0.15, 0.2) is 0 Å². The largest absolute Gasteiger partial charge is 0.375 e. The van der Waals surface area contributed by atoms with Crippen LogP contribution < -0.4 is 4.90 Å². The van der Waals surface area contributed by atoms with Gasteiger partial charge in [-0.15, -0.1) is 11.6 Å². The van der Waals surface area contributed by atoms with Crippen LogP contribution in [-0.2, 0) is 5.88 Å². The monoisotopic (exact) mass is 211 g/mol. The molecule has 0 bridgehead atoms. The standard InChI is InChI=1S/C12H18ClN/c1-4-7-14(3)12-6-5-11(9-13)10(2)8-12/h5-6,8H,4,7,9H2,1-3H3. The van der Waals surface area contributed by atoms with Gasteiger partial charge in [0.1, 0.15) is 0 Å². The van der Waals surface area contributed by atoms with E-state index in [1.165, 1.54) is 23.2 Å². The highest BCUT2D eigenvalue weighted by molar-refractivity contribution is 6.17. The lowest BCUT2D eigenvalue weighted by Crippen LogP contribution is -2.17. The van der Waals surface area contributed by atoms with Crippen LogP contribution >= 0.6 is 11.6 Å². The number of aryl methyl sites for hydroxylation is 1. The Morgan fingerprint density at radius 3 is 2.57 bits per heavy atom. The second-order valence-electron chi connectivity index (χ2n) is 3.67. The smallest absolute Gasteiger partial charge is 0.0476 e. The molecule has 0 amide bonds. The van der Waals surface area contributed by atoms with Crippen LogP contribution in [0.3, 0.4) is 0 Å². The third-order valence-electron chi connectivity index (χ3n) is 2.47. The van der Waals surface area contributed by atoms with Gasteiger partial charge in [-0.1, -0.05) is 13.0 Å². The number of halogens is 1. The van der Waals surface area contributed by atoms with E-state index in [4.69, 9.17) is 11.6 Å². The molecule has 0 aliphatic rings. The van der Waals surface area contributed by atoms with Gasteiger partial charge in [-0.25, -0.2) is 0 Å². The van der Waals surface area contributed by atoms with Gasteiger partial charge in [-0.3, -0.25) is 0 Å². The maximum Gasteiger partial charge on any atom is 0.0476 e. The van der Waals surface area contributed by atoms with Crippen molar-refractivity contribution in [3.8, 4) is 0 Å². The molecule has 0 fully saturated rings. The zero-order valence-corrected chi connectivity index (χ0v) is 9.93.